The van der Waals surface area contributed by atoms with Gasteiger partial charge in [-0.15, -0.1) is 0 Å². The number of hydrogen-bond acceptors (Lipinski definition) is 5. The number of aryl methyl sites for hydroxylation is 3. The van der Waals surface area contributed by atoms with E-state index < -0.39 is 0 Å². The van der Waals surface area contributed by atoms with Crippen molar-refractivity contribution in [3.63, 3.8) is 0 Å². The molecule has 0 radical (unpaired) electrons. The number of carbonyl (C=O) groups excluding carboxylic acids is 2. The number of carbonyl (C=O) groups is 2. The minimum Gasteiger partial charge on any atom is -0.466 e. The molecular weight excluding hydrogens is 344 g/mol. The van der Waals surface area contributed by atoms with Crippen molar-refractivity contribution in [2.45, 2.75) is 27.3 Å². The van der Waals surface area contributed by atoms with Gasteiger partial charge in [-0.2, -0.15) is 0 Å². The van der Waals surface area contributed by atoms with Gasteiger partial charge in [0.1, 0.15) is 17.3 Å². The van der Waals surface area contributed by atoms with Crippen LogP contribution in [-0.2, 0) is 11.3 Å². The second-order valence-corrected chi connectivity index (χ2v) is 6.50. The van der Waals surface area contributed by atoms with Crippen LogP contribution in [0.1, 0.15) is 33.4 Å². The number of aromatic nitrogens is 2. The van der Waals surface area contributed by atoms with Gasteiger partial charge in [0.2, 0.25) is 5.91 Å². The number of nitrogens with zero attached hydrogens (tertiary/aromatic N) is 3. The molecule has 140 valence electrons. The normalized spacial score (nSPS) is 10.8. The second kappa shape index (κ2) is 7.57. The lowest BCUT2D eigenvalue weighted by atomic mass is 10.2. The summed E-state index contributed by atoms with van der Waals surface area (Å²) in [5.74, 6) is 1.20. The Balaban J connectivity index is 1.62. The number of benzene rings is 1. The third kappa shape index (κ3) is 4.13. The molecule has 0 fully saturated rings. The van der Waals surface area contributed by atoms with E-state index in [0.717, 1.165) is 16.6 Å². The van der Waals surface area contributed by atoms with Crippen LogP contribution < -0.4 is 5.32 Å². The van der Waals surface area contributed by atoms with E-state index in [1.165, 1.54) is 4.90 Å². The van der Waals surface area contributed by atoms with Crippen LogP contribution in [0.4, 0.5) is 0 Å². The molecule has 7 nitrogen and oxygen atoms in total. The second-order valence-electron chi connectivity index (χ2n) is 6.50. The molecule has 7 heteroatoms. The molecule has 0 saturated heterocycles. The summed E-state index contributed by atoms with van der Waals surface area (Å²) < 4.78 is 5.34. The number of furan rings is 1. The van der Waals surface area contributed by atoms with Gasteiger partial charge in [0.25, 0.3) is 5.91 Å². The summed E-state index contributed by atoms with van der Waals surface area (Å²) in [5.41, 5.74) is 2.16. The highest BCUT2D eigenvalue weighted by Gasteiger charge is 2.17. The molecule has 0 saturated carbocycles. The zero-order chi connectivity index (χ0) is 19.6. The Morgan fingerprint density at radius 2 is 1.89 bits per heavy atom. The summed E-state index contributed by atoms with van der Waals surface area (Å²) in [7, 11) is 1.66. The first-order valence-corrected chi connectivity index (χ1v) is 8.66. The Hall–Kier alpha value is -3.22. The number of para-hydroxylation sites is 1. The average Bonchev–Trinajstić information content (AvgIpc) is 2.97. The molecule has 0 atom stereocenters. The van der Waals surface area contributed by atoms with E-state index in [1.807, 2.05) is 31.2 Å². The van der Waals surface area contributed by atoms with Crippen LogP contribution in [0.25, 0.3) is 10.9 Å². The van der Waals surface area contributed by atoms with Gasteiger partial charge in [0.15, 0.2) is 0 Å². The minimum absolute atomic E-state index is 0.106. The monoisotopic (exact) mass is 366 g/mol. The van der Waals surface area contributed by atoms with Crippen LogP contribution in [0, 0.1) is 20.8 Å². The van der Waals surface area contributed by atoms with Gasteiger partial charge in [0.05, 0.1) is 24.2 Å². The molecule has 3 rings (SSSR count). The lowest BCUT2D eigenvalue weighted by Crippen LogP contribution is -2.38. The van der Waals surface area contributed by atoms with Gasteiger partial charge >= 0.3 is 0 Å². The van der Waals surface area contributed by atoms with Crippen LogP contribution in [0.3, 0.4) is 0 Å². The van der Waals surface area contributed by atoms with E-state index in [2.05, 4.69) is 15.3 Å². The van der Waals surface area contributed by atoms with Crippen LogP contribution in [-0.4, -0.2) is 40.3 Å². The van der Waals surface area contributed by atoms with Gasteiger partial charge in [0, 0.05) is 18.1 Å². The molecule has 2 heterocycles. The molecule has 0 aliphatic rings. The quantitative estimate of drug-likeness (QED) is 0.750. The number of rotatable bonds is 5. The Bertz CT molecular complexity index is 1010. The smallest absolute Gasteiger partial charge is 0.255 e. The highest BCUT2D eigenvalue weighted by atomic mass is 16.3. The number of nitrogens with one attached hydrogen (secondary N) is 1. The van der Waals surface area contributed by atoms with Crippen LogP contribution >= 0.6 is 0 Å². The summed E-state index contributed by atoms with van der Waals surface area (Å²) >= 11 is 0. The van der Waals surface area contributed by atoms with E-state index in [0.29, 0.717) is 22.9 Å². The standard InChI is InChI=1S/C20H22N4O3/c1-12-9-16(14(3)27-12)20(26)21-10-19(25)24(4)11-18-22-13(2)15-7-5-6-8-17(15)23-18/h5-9H,10-11H2,1-4H3,(H,21,26). The number of amides is 2. The van der Waals surface area contributed by atoms with Crippen molar-refractivity contribution in [2.75, 3.05) is 13.6 Å². The third-order valence-electron chi connectivity index (χ3n) is 4.33. The van der Waals surface area contributed by atoms with Crippen LogP contribution in [0.5, 0.6) is 0 Å². The molecule has 0 bridgehead atoms. The molecule has 2 amide bonds. The summed E-state index contributed by atoms with van der Waals surface area (Å²) in [6, 6.07) is 9.41. The van der Waals surface area contributed by atoms with Crippen molar-refractivity contribution < 1.29 is 14.0 Å². The molecule has 3 aromatic rings. The molecule has 27 heavy (non-hydrogen) atoms. The molecule has 1 N–H and O–H groups in total. The van der Waals surface area contributed by atoms with Crippen molar-refractivity contribution in [3.05, 3.63) is 58.9 Å². The van der Waals surface area contributed by atoms with Gasteiger partial charge in [-0.05, 0) is 32.9 Å². The summed E-state index contributed by atoms with van der Waals surface area (Å²) in [5, 5.41) is 3.62. The average molecular weight is 366 g/mol. The fourth-order valence-corrected chi connectivity index (χ4v) is 2.91. The van der Waals surface area contributed by atoms with Gasteiger partial charge < -0.3 is 14.6 Å². The van der Waals surface area contributed by atoms with E-state index in [4.69, 9.17) is 4.42 Å². The molecule has 1 aromatic carbocycles. The first kappa shape index (κ1) is 18.6. The molecule has 0 unspecified atom stereocenters. The first-order chi connectivity index (χ1) is 12.8. The third-order valence-corrected chi connectivity index (χ3v) is 4.33. The van der Waals surface area contributed by atoms with Crippen molar-refractivity contribution in [1.82, 2.24) is 20.2 Å². The Kier molecular flexibility index (Phi) is 5.21. The molecule has 0 spiro atoms. The highest BCUT2D eigenvalue weighted by Crippen LogP contribution is 2.15. The fourth-order valence-electron chi connectivity index (χ4n) is 2.91. The van der Waals surface area contributed by atoms with Crippen molar-refractivity contribution in [1.29, 1.82) is 0 Å². The molecule has 2 aromatic heterocycles. The molecule has 0 aliphatic carbocycles. The first-order valence-electron chi connectivity index (χ1n) is 8.66. The maximum Gasteiger partial charge on any atom is 0.255 e. The summed E-state index contributed by atoms with van der Waals surface area (Å²) in [6.45, 7) is 5.57. The van der Waals surface area contributed by atoms with Crippen molar-refractivity contribution >= 4 is 22.7 Å². The Labute approximate surface area is 157 Å². The maximum atomic E-state index is 12.4. The van der Waals surface area contributed by atoms with Crippen molar-refractivity contribution in [3.8, 4) is 0 Å². The fraction of sp³-hybridized carbons (Fsp3) is 0.300. The van der Waals surface area contributed by atoms with Crippen molar-refractivity contribution in [2.24, 2.45) is 0 Å². The van der Waals surface area contributed by atoms with E-state index >= 15 is 0 Å². The van der Waals surface area contributed by atoms with Gasteiger partial charge in [-0.25, -0.2) is 9.97 Å². The topological polar surface area (TPSA) is 88.3 Å². The lowest BCUT2D eigenvalue weighted by Gasteiger charge is -2.17. The predicted octanol–water partition coefficient (Wildman–Crippen LogP) is 2.54. The van der Waals surface area contributed by atoms with Gasteiger partial charge in [-0.1, -0.05) is 18.2 Å². The SMILES string of the molecule is Cc1cc(C(=O)NCC(=O)N(C)Cc2nc(C)c3ccccc3n2)c(C)o1. The zero-order valence-corrected chi connectivity index (χ0v) is 15.9. The minimum atomic E-state index is -0.330. The molecular formula is C20H22N4O3. The van der Waals surface area contributed by atoms with E-state index in [-0.39, 0.29) is 24.9 Å². The van der Waals surface area contributed by atoms with Crippen LogP contribution in [0.2, 0.25) is 0 Å². The lowest BCUT2D eigenvalue weighted by molar-refractivity contribution is -0.129. The predicted molar refractivity (Wildman–Crippen MR) is 101 cm³/mol. The summed E-state index contributed by atoms with van der Waals surface area (Å²) in [4.78, 5) is 35.0. The summed E-state index contributed by atoms with van der Waals surface area (Å²) in [6.07, 6.45) is 0. The Morgan fingerprint density at radius 3 is 2.59 bits per heavy atom. The van der Waals surface area contributed by atoms with E-state index in [9.17, 15) is 9.59 Å². The van der Waals surface area contributed by atoms with Crippen LogP contribution in [0.15, 0.2) is 34.7 Å². The number of likely N-dealkylation sites (N-methyl/N-ethyl adjacent to an activating group) is 1. The van der Waals surface area contributed by atoms with Gasteiger partial charge in [-0.3, -0.25) is 9.59 Å². The Morgan fingerprint density at radius 1 is 1.15 bits per heavy atom. The molecule has 0 aliphatic heterocycles. The van der Waals surface area contributed by atoms with E-state index in [1.54, 1.807) is 27.0 Å². The zero-order valence-electron chi connectivity index (χ0n) is 15.9. The number of fused-ring (bicyclic) bond motifs is 1. The maximum absolute atomic E-state index is 12.4. The highest BCUT2D eigenvalue weighted by molar-refractivity contribution is 5.97. The number of hydrogen-bond donors (Lipinski definition) is 1. The largest absolute Gasteiger partial charge is 0.466 e.